The molecule has 0 unspecified atom stereocenters. The Morgan fingerprint density at radius 2 is 1.91 bits per heavy atom. The van der Waals surface area contributed by atoms with Crippen LogP contribution in [0.4, 0.5) is 10.5 Å². The van der Waals surface area contributed by atoms with E-state index in [4.69, 9.17) is 9.47 Å². The van der Waals surface area contributed by atoms with Crippen LogP contribution in [0.5, 0.6) is 5.75 Å². The van der Waals surface area contributed by atoms with Gasteiger partial charge in [-0.2, -0.15) is 0 Å². The van der Waals surface area contributed by atoms with Crippen LogP contribution in [-0.2, 0) is 27.4 Å². The Labute approximate surface area is 191 Å². The lowest BCUT2D eigenvalue weighted by Gasteiger charge is -2.15. The molecule has 0 saturated carbocycles. The quantitative estimate of drug-likeness (QED) is 0.488. The van der Waals surface area contributed by atoms with E-state index in [1.165, 1.54) is 7.11 Å². The maximum atomic E-state index is 12.8. The molecule has 2 heterocycles. The van der Waals surface area contributed by atoms with Gasteiger partial charge in [-0.15, -0.1) is 0 Å². The second-order valence-corrected chi connectivity index (χ2v) is 7.73. The monoisotopic (exact) mass is 450 g/mol. The molecule has 4 amide bonds. The van der Waals surface area contributed by atoms with Crippen molar-refractivity contribution >= 4 is 34.4 Å². The molecule has 3 aromatic rings. The Bertz CT molecular complexity index is 1190. The number of methoxy groups -OCH3 is 2. The number of carbonyl (C=O) groups is 3. The number of rotatable bonds is 9. The number of imide groups is 1. The Morgan fingerprint density at radius 3 is 2.70 bits per heavy atom. The number of benzene rings is 2. The Balaban J connectivity index is 1.42. The minimum Gasteiger partial charge on any atom is -0.496 e. The minimum absolute atomic E-state index is 0.0705. The number of amides is 4. The van der Waals surface area contributed by atoms with Crippen molar-refractivity contribution in [3.05, 3.63) is 60.3 Å². The van der Waals surface area contributed by atoms with E-state index in [-0.39, 0.29) is 18.9 Å². The number of nitrogens with zero attached hydrogens (tertiary/aromatic N) is 2. The summed E-state index contributed by atoms with van der Waals surface area (Å²) in [4.78, 5) is 39.1. The number of para-hydroxylation sites is 1. The fraction of sp³-hybridized carbons (Fsp3) is 0.292. The number of hydrogen-bond donors (Lipinski definition) is 2. The molecule has 0 bridgehead atoms. The molecule has 0 radical (unpaired) electrons. The molecule has 1 saturated heterocycles. The number of ether oxygens (including phenoxy) is 2. The Kier molecular flexibility index (Phi) is 6.60. The number of nitrogens with one attached hydrogen (secondary N) is 2. The Hall–Kier alpha value is -3.85. The first-order valence-corrected chi connectivity index (χ1v) is 10.6. The lowest BCUT2D eigenvalue weighted by Crippen LogP contribution is -2.34. The van der Waals surface area contributed by atoms with Crippen molar-refractivity contribution in [2.24, 2.45) is 0 Å². The third kappa shape index (κ3) is 4.68. The number of fused-ring (bicyclic) bond motifs is 1. The zero-order chi connectivity index (χ0) is 23.4. The van der Waals surface area contributed by atoms with Crippen molar-refractivity contribution in [3.63, 3.8) is 0 Å². The second kappa shape index (κ2) is 9.74. The third-order valence-electron chi connectivity index (χ3n) is 5.64. The standard InChI is InChI=1S/C24H26N4O5/c1-32-13-12-27-11-10-17-18(7-5-8-20(17)27)25-22(29)14-19-23(30)28(24(31)26-19)15-16-6-3-4-9-21(16)33-2/h3-11,19H,12-15H2,1-2H3,(H,25,29)(H,26,31)/t19-/m1/s1. The fourth-order valence-corrected chi connectivity index (χ4v) is 3.97. The lowest BCUT2D eigenvalue weighted by molar-refractivity contribution is -0.130. The number of carbonyl (C=O) groups excluding carboxylic acids is 3. The zero-order valence-electron chi connectivity index (χ0n) is 18.5. The maximum Gasteiger partial charge on any atom is 0.325 e. The van der Waals surface area contributed by atoms with E-state index in [1.54, 1.807) is 19.2 Å². The highest BCUT2D eigenvalue weighted by Crippen LogP contribution is 2.26. The topological polar surface area (TPSA) is 102 Å². The van der Waals surface area contributed by atoms with Crippen LogP contribution in [0.25, 0.3) is 10.9 Å². The molecule has 0 spiro atoms. The lowest BCUT2D eigenvalue weighted by atomic mass is 10.1. The number of urea groups is 1. The summed E-state index contributed by atoms with van der Waals surface area (Å²) in [6.07, 6.45) is 1.78. The van der Waals surface area contributed by atoms with Gasteiger partial charge < -0.3 is 24.7 Å². The van der Waals surface area contributed by atoms with Crippen molar-refractivity contribution in [1.29, 1.82) is 0 Å². The highest BCUT2D eigenvalue weighted by Gasteiger charge is 2.39. The first-order valence-electron chi connectivity index (χ1n) is 10.6. The first kappa shape index (κ1) is 22.3. The predicted octanol–water partition coefficient (Wildman–Crippen LogP) is 2.75. The predicted molar refractivity (Wildman–Crippen MR) is 123 cm³/mol. The molecule has 1 fully saturated rings. The van der Waals surface area contributed by atoms with Crippen LogP contribution in [0.3, 0.4) is 0 Å². The van der Waals surface area contributed by atoms with E-state index in [9.17, 15) is 14.4 Å². The summed E-state index contributed by atoms with van der Waals surface area (Å²) in [6, 6.07) is 13.3. The van der Waals surface area contributed by atoms with E-state index < -0.39 is 18.0 Å². The molecule has 2 aromatic carbocycles. The summed E-state index contributed by atoms with van der Waals surface area (Å²) in [5.41, 5.74) is 2.33. The van der Waals surface area contributed by atoms with Crippen LogP contribution in [0.2, 0.25) is 0 Å². The van der Waals surface area contributed by atoms with E-state index in [1.807, 2.05) is 47.2 Å². The molecule has 172 valence electrons. The van der Waals surface area contributed by atoms with Gasteiger partial charge in [-0.3, -0.25) is 14.5 Å². The smallest absolute Gasteiger partial charge is 0.325 e. The summed E-state index contributed by atoms with van der Waals surface area (Å²) in [5, 5.41) is 6.37. The molecule has 1 aliphatic rings. The molecule has 4 rings (SSSR count). The fourth-order valence-electron chi connectivity index (χ4n) is 3.97. The van der Waals surface area contributed by atoms with E-state index in [0.717, 1.165) is 15.8 Å². The van der Waals surface area contributed by atoms with Crippen LogP contribution in [0.1, 0.15) is 12.0 Å². The Morgan fingerprint density at radius 1 is 1.09 bits per heavy atom. The average Bonchev–Trinajstić information content (AvgIpc) is 3.34. The normalized spacial score (nSPS) is 15.7. The molecular formula is C24H26N4O5. The number of anilines is 1. The molecule has 1 atom stereocenters. The molecule has 9 heteroatoms. The van der Waals surface area contributed by atoms with Crippen molar-refractivity contribution < 1.29 is 23.9 Å². The van der Waals surface area contributed by atoms with Gasteiger partial charge >= 0.3 is 6.03 Å². The van der Waals surface area contributed by atoms with Gasteiger partial charge in [0.15, 0.2) is 0 Å². The van der Waals surface area contributed by atoms with Gasteiger partial charge in [0.25, 0.3) is 5.91 Å². The average molecular weight is 450 g/mol. The summed E-state index contributed by atoms with van der Waals surface area (Å²) >= 11 is 0. The van der Waals surface area contributed by atoms with Crippen molar-refractivity contribution in [3.8, 4) is 5.75 Å². The molecule has 2 N–H and O–H groups in total. The summed E-state index contributed by atoms with van der Waals surface area (Å²) < 4.78 is 12.5. The van der Waals surface area contributed by atoms with Crippen molar-refractivity contribution in [2.75, 3.05) is 26.1 Å². The third-order valence-corrected chi connectivity index (χ3v) is 5.64. The van der Waals surface area contributed by atoms with Gasteiger partial charge in [0.05, 0.1) is 37.9 Å². The number of aromatic nitrogens is 1. The van der Waals surface area contributed by atoms with Gasteiger partial charge in [-0.1, -0.05) is 24.3 Å². The zero-order valence-corrected chi connectivity index (χ0v) is 18.5. The molecule has 1 aromatic heterocycles. The molecule has 9 nitrogen and oxygen atoms in total. The molecular weight excluding hydrogens is 424 g/mol. The molecule has 33 heavy (non-hydrogen) atoms. The van der Waals surface area contributed by atoms with Gasteiger partial charge in [-0.25, -0.2) is 4.79 Å². The second-order valence-electron chi connectivity index (χ2n) is 7.73. The van der Waals surface area contributed by atoms with Gasteiger partial charge in [-0.05, 0) is 24.3 Å². The first-order chi connectivity index (χ1) is 16.0. The maximum absolute atomic E-state index is 12.8. The van der Waals surface area contributed by atoms with Crippen LogP contribution in [0.15, 0.2) is 54.7 Å². The van der Waals surface area contributed by atoms with Crippen molar-refractivity contribution in [1.82, 2.24) is 14.8 Å². The summed E-state index contributed by atoms with van der Waals surface area (Å²) in [7, 11) is 3.18. The van der Waals surface area contributed by atoms with E-state index >= 15 is 0 Å². The molecule has 0 aliphatic carbocycles. The largest absolute Gasteiger partial charge is 0.496 e. The SMILES string of the molecule is COCCn1ccc2c(NC(=O)C[C@H]3NC(=O)N(Cc4ccccc4OC)C3=O)cccc21. The highest BCUT2D eigenvalue weighted by molar-refractivity contribution is 6.08. The highest BCUT2D eigenvalue weighted by atomic mass is 16.5. The summed E-state index contributed by atoms with van der Waals surface area (Å²) in [5.74, 6) is -0.209. The minimum atomic E-state index is -0.919. The van der Waals surface area contributed by atoms with Gasteiger partial charge in [0, 0.05) is 30.8 Å². The van der Waals surface area contributed by atoms with Crippen LogP contribution >= 0.6 is 0 Å². The van der Waals surface area contributed by atoms with Gasteiger partial charge in [0.2, 0.25) is 5.91 Å². The number of hydrogen-bond acceptors (Lipinski definition) is 5. The van der Waals surface area contributed by atoms with Crippen molar-refractivity contribution in [2.45, 2.75) is 25.6 Å². The van der Waals surface area contributed by atoms with E-state index in [2.05, 4.69) is 10.6 Å². The van der Waals surface area contributed by atoms with Gasteiger partial charge in [0.1, 0.15) is 11.8 Å². The summed E-state index contributed by atoms with van der Waals surface area (Å²) in [6.45, 7) is 1.35. The van der Waals surface area contributed by atoms with E-state index in [0.29, 0.717) is 30.2 Å². The van der Waals surface area contributed by atoms with Crippen LogP contribution < -0.4 is 15.4 Å². The van der Waals surface area contributed by atoms with Crippen LogP contribution in [0, 0.1) is 0 Å². The van der Waals surface area contributed by atoms with Crippen LogP contribution in [-0.4, -0.2) is 54.2 Å². The molecule has 1 aliphatic heterocycles.